The molecule has 2 N–H and O–H groups in total. The van der Waals surface area contributed by atoms with Gasteiger partial charge in [0.05, 0.1) is 18.5 Å². The Labute approximate surface area is 146 Å². The summed E-state index contributed by atoms with van der Waals surface area (Å²) in [6.45, 7) is 3.74. The Bertz CT molecular complexity index is 777. The largest absolute Gasteiger partial charge is 0.496 e. The molecule has 0 spiro atoms. The first kappa shape index (κ1) is 18.4. The van der Waals surface area contributed by atoms with Crippen molar-refractivity contribution in [3.05, 3.63) is 53.8 Å². The third-order valence-corrected chi connectivity index (χ3v) is 3.92. The predicted molar refractivity (Wildman–Crippen MR) is 95.4 cm³/mol. The van der Waals surface area contributed by atoms with Crippen LogP contribution in [0.1, 0.15) is 30.6 Å². The standard InChI is InChI=1S/C19H21FN2O3/c1-4-12(2)18(23)21-14-9-5-6-10-15(14)22-19(24)17-13(20)8-7-11-16(17)25-3/h5-12H,4H2,1-3H3,(H,21,23)(H,22,24). The maximum Gasteiger partial charge on any atom is 0.262 e. The van der Waals surface area contributed by atoms with Gasteiger partial charge >= 0.3 is 0 Å². The van der Waals surface area contributed by atoms with Crippen LogP contribution in [0.25, 0.3) is 0 Å². The molecule has 0 aromatic heterocycles. The van der Waals surface area contributed by atoms with Crippen LogP contribution in [0.4, 0.5) is 15.8 Å². The number of carbonyl (C=O) groups excluding carboxylic acids is 2. The van der Waals surface area contributed by atoms with Crippen molar-refractivity contribution in [3.8, 4) is 5.75 Å². The van der Waals surface area contributed by atoms with E-state index in [-0.39, 0.29) is 23.1 Å². The molecule has 2 aromatic carbocycles. The van der Waals surface area contributed by atoms with E-state index in [1.807, 2.05) is 13.8 Å². The summed E-state index contributed by atoms with van der Waals surface area (Å²) in [4.78, 5) is 24.6. The highest BCUT2D eigenvalue weighted by Gasteiger charge is 2.19. The van der Waals surface area contributed by atoms with Crippen molar-refractivity contribution in [1.29, 1.82) is 0 Å². The zero-order valence-corrected chi connectivity index (χ0v) is 14.4. The van der Waals surface area contributed by atoms with Crippen molar-refractivity contribution >= 4 is 23.2 Å². The maximum atomic E-state index is 14.0. The van der Waals surface area contributed by atoms with Crippen LogP contribution in [0.5, 0.6) is 5.75 Å². The fraction of sp³-hybridized carbons (Fsp3) is 0.263. The molecule has 5 nitrogen and oxygen atoms in total. The summed E-state index contributed by atoms with van der Waals surface area (Å²) in [6, 6.07) is 10.9. The van der Waals surface area contributed by atoms with Gasteiger partial charge in [-0.2, -0.15) is 0 Å². The topological polar surface area (TPSA) is 67.4 Å². The van der Waals surface area contributed by atoms with Crippen molar-refractivity contribution in [2.24, 2.45) is 5.92 Å². The predicted octanol–water partition coefficient (Wildman–Crippen LogP) is 4.07. The fourth-order valence-corrected chi connectivity index (χ4v) is 2.22. The molecule has 2 amide bonds. The number of amides is 2. The molecular weight excluding hydrogens is 323 g/mol. The third kappa shape index (κ3) is 4.35. The van der Waals surface area contributed by atoms with Crippen molar-refractivity contribution in [2.45, 2.75) is 20.3 Å². The van der Waals surface area contributed by atoms with E-state index in [1.165, 1.54) is 25.3 Å². The molecule has 0 aliphatic rings. The molecule has 0 fully saturated rings. The van der Waals surface area contributed by atoms with Gasteiger partial charge in [-0.15, -0.1) is 0 Å². The third-order valence-electron chi connectivity index (χ3n) is 3.92. The first-order valence-corrected chi connectivity index (χ1v) is 8.01. The van der Waals surface area contributed by atoms with Crippen molar-refractivity contribution in [3.63, 3.8) is 0 Å². The molecule has 0 heterocycles. The molecule has 0 radical (unpaired) electrons. The van der Waals surface area contributed by atoms with Gasteiger partial charge in [0.15, 0.2) is 0 Å². The Balaban J connectivity index is 2.27. The van der Waals surface area contributed by atoms with E-state index in [4.69, 9.17) is 4.74 Å². The summed E-state index contributed by atoms with van der Waals surface area (Å²) in [6.07, 6.45) is 0.701. The number of benzene rings is 2. The van der Waals surface area contributed by atoms with Crippen molar-refractivity contribution in [2.75, 3.05) is 17.7 Å². The van der Waals surface area contributed by atoms with Gasteiger partial charge in [-0.3, -0.25) is 9.59 Å². The molecule has 2 rings (SSSR count). The normalized spacial score (nSPS) is 11.5. The van der Waals surface area contributed by atoms with E-state index < -0.39 is 11.7 Å². The minimum absolute atomic E-state index is 0.138. The van der Waals surface area contributed by atoms with Gasteiger partial charge in [0.25, 0.3) is 5.91 Å². The number of rotatable bonds is 6. The average Bonchev–Trinajstić information content (AvgIpc) is 2.62. The van der Waals surface area contributed by atoms with E-state index in [9.17, 15) is 14.0 Å². The van der Waals surface area contributed by atoms with Gasteiger partial charge in [-0.1, -0.05) is 32.0 Å². The molecule has 25 heavy (non-hydrogen) atoms. The maximum absolute atomic E-state index is 14.0. The Hall–Kier alpha value is -2.89. The molecular formula is C19H21FN2O3. The Morgan fingerprint density at radius 2 is 1.72 bits per heavy atom. The minimum atomic E-state index is -0.682. The van der Waals surface area contributed by atoms with Crippen LogP contribution in [0, 0.1) is 11.7 Å². The Morgan fingerprint density at radius 1 is 1.08 bits per heavy atom. The molecule has 0 saturated carbocycles. The Kier molecular flexibility index (Phi) is 6.11. The van der Waals surface area contributed by atoms with Crippen LogP contribution in [0.3, 0.4) is 0 Å². The lowest BCUT2D eigenvalue weighted by Crippen LogP contribution is -2.21. The number of para-hydroxylation sites is 2. The first-order chi connectivity index (χ1) is 12.0. The lowest BCUT2D eigenvalue weighted by molar-refractivity contribution is -0.119. The summed E-state index contributed by atoms with van der Waals surface area (Å²) < 4.78 is 19.1. The smallest absolute Gasteiger partial charge is 0.262 e. The van der Waals surface area contributed by atoms with Gasteiger partial charge in [0, 0.05) is 5.92 Å². The molecule has 0 bridgehead atoms. The van der Waals surface area contributed by atoms with Crippen LogP contribution in [0.2, 0.25) is 0 Å². The second-order valence-electron chi connectivity index (χ2n) is 5.62. The summed E-state index contributed by atoms with van der Waals surface area (Å²) in [5.74, 6) is -1.50. The number of methoxy groups -OCH3 is 1. The van der Waals surface area contributed by atoms with Crippen LogP contribution in [0.15, 0.2) is 42.5 Å². The summed E-state index contributed by atoms with van der Waals surface area (Å²) in [5, 5.41) is 5.41. The molecule has 0 aliphatic heterocycles. The van der Waals surface area contributed by atoms with E-state index in [0.717, 1.165) is 0 Å². The van der Waals surface area contributed by atoms with Crippen molar-refractivity contribution in [1.82, 2.24) is 0 Å². The number of hydrogen-bond donors (Lipinski definition) is 2. The lowest BCUT2D eigenvalue weighted by Gasteiger charge is -2.15. The summed E-state index contributed by atoms with van der Waals surface area (Å²) in [7, 11) is 1.37. The van der Waals surface area contributed by atoms with E-state index in [2.05, 4.69) is 10.6 Å². The van der Waals surface area contributed by atoms with Crippen molar-refractivity contribution < 1.29 is 18.7 Å². The number of carbonyl (C=O) groups is 2. The zero-order valence-electron chi connectivity index (χ0n) is 14.4. The SMILES string of the molecule is CCC(C)C(=O)Nc1ccccc1NC(=O)c1c(F)cccc1OC. The molecule has 6 heteroatoms. The minimum Gasteiger partial charge on any atom is -0.496 e. The zero-order chi connectivity index (χ0) is 18.4. The van der Waals surface area contributed by atoms with E-state index in [1.54, 1.807) is 24.3 Å². The summed E-state index contributed by atoms with van der Waals surface area (Å²) in [5.41, 5.74) is 0.652. The molecule has 0 aliphatic carbocycles. The average molecular weight is 344 g/mol. The molecule has 1 atom stereocenters. The number of hydrogen-bond acceptors (Lipinski definition) is 3. The number of nitrogens with one attached hydrogen (secondary N) is 2. The van der Waals surface area contributed by atoms with Gasteiger partial charge in [-0.25, -0.2) is 4.39 Å². The van der Waals surface area contributed by atoms with Gasteiger partial charge in [0.1, 0.15) is 17.1 Å². The first-order valence-electron chi connectivity index (χ1n) is 8.01. The highest BCUT2D eigenvalue weighted by atomic mass is 19.1. The van der Waals surface area contributed by atoms with Crippen LogP contribution in [-0.2, 0) is 4.79 Å². The van der Waals surface area contributed by atoms with E-state index in [0.29, 0.717) is 17.8 Å². The highest BCUT2D eigenvalue weighted by molar-refractivity contribution is 6.09. The molecule has 132 valence electrons. The monoisotopic (exact) mass is 344 g/mol. The van der Waals surface area contributed by atoms with Crippen LogP contribution >= 0.6 is 0 Å². The second kappa shape index (κ2) is 8.28. The highest BCUT2D eigenvalue weighted by Crippen LogP contribution is 2.26. The molecule has 0 saturated heterocycles. The number of halogens is 1. The number of ether oxygens (including phenoxy) is 1. The molecule has 1 unspecified atom stereocenters. The molecule has 2 aromatic rings. The van der Waals surface area contributed by atoms with Crippen LogP contribution < -0.4 is 15.4 Å². The second-order valence-corrected chi connectivity index (χ2v) is 5.62. The quantitative estimate of drug-likeness (QED) is 0.830. The fourth-order valence-electron chi connectivity index (χ4n) is 2.22. The lowest BCUT2D eigenvalue weighted by atomic mass is 10.1. The Morgan fingerprint density at radius 3 is 2.32 bits per heavy atom. The van der Waals surface area contributed by atoms with Gasteiger partial charge in [0.2, 0.25) is 5.91 Å². The summed E-state index contributed by atoms with van der Waals surface area (Å²) >= 11 is 0. The number of anilines is 2. The van der Waals surface area contributed by atoms with E-state index >= 15 is 0 Å². The van der Waals surface area contributed by atoms with Crippen LogP contribution in [-0.4, -0.2) is 18.9 Å². The van der Waals surface area contributed by atoms with Gasteiger partial charge in [-0.05, 0) is 30.7 Å². The van der Waals surface area contributed by atoms with Gasteiger partial charge < -0.3 is 15.4 Å².